The molecule has 0 aromatic heterocycles. The van der Waals surface area contributed by atoms with E-state index in [9.17, 15) is 24.9 Å². The Balaban J connectivity index is 1.42. The molecule has 4 fully saturated rings. The molecule has 186 valence electrons. The summed E-state index contributed by atoms with van der Waals surface area (Å²) in [7, 11) is 0. The minimum absolute atomic E-state index is 0.0241. The Morgan fingerprint density at radius 3 is 2.71 bits per heavy atom. The molecule has 0 radical (unpaired) electrons. The highest BCUT2D eigenvalue weighted by Gasteiger charge is 2.71. The van der Waals surface area contributed by atoms with Crippen molar-refractivity contribution in [3.05, 3.63) is 29.8 Å². The molecule has 1 aromatic rings. The number of carboxylic acid groups (broad SMARTS) is 1. The largest absolute Gasteiger partial charge is 0.506 e. The van der Waals surface area contributed by atoms with E-state index in [1.807, 2.05) is 6.08 Å². The number of rotatable bonds is 5. The van der Waals surface area contributed by atoms with Crippen LogP contribution in [0.1, 0.15) is 56.3 Å². The third kappa shape index (κ3) is 3.53. The van der Waals surface area contributed by atoms with Gasteiger partial charge in [-0.15, -0.1) is 0 Å². The fourth-order valence-electron chi connectivity index (χ4n) is 7.39. The fraction of sp³-hybridized carbons (Fsp3) is 0.520. The first-order valence-electron chi connectivity index (χ1n) is 11.7. The van der Waals surface area contributed by atoms with E-state index < -0.39 is 34.4 Å². The lowest BCUT2D eigenvalue weighted by Crippen LogP contribution is -2.56. The van der Waals surface area contributed by atoms with E-state index in [0.717, 1.165) is 37.1 Å². The maximum atomic E-state index is 13.0. The molecule has 6 atom stereocenters. The molecule has 2 aliphatic heterocycles. The van der Waals surface area contributed by atoms with Gasteiger partial charge >= 0.3 is 5.97 Å². The van der Waals surface area contributed by atoms with Crippen LogP contribution in [0.3, 0.4) is 0 Å². The van der Waals surface area contributed by atoms with E-state index in [4.69, 9.17) is 22.7 Å². The number of nitrogens with one attached hydrogen (secondary N) is 1. The lowest BCUT2D eigenvalue weighted by Gasteiger charge is -2.56. The molecule has 0 unspecified atom stereocenters. The van der Waals surface area contributed by atoms with Crippen LogP contribution in [0.5, 0.6) is 11.5 Å². The van der Waals surface area contributed by atoms with Crippen LogP contribution in [0, 0.1) is 22.7 Å². The molecule has 35 heavy (non-hydrogen) atoms. The van der Waals surface area contributed by atoms with Gasteiger partial charge in [0.05, 0.1) is 11.7 Å². The average molecular weight is 500 g/mol. The molecule has 1 spiro atoms. The van der Waals surface area contributed by atoms with Crippen LogP contribution in [0.15, 0.2) is 29.3 Å². The molecule has 9 nitrogen and oxygen atoms in total. The van der Waals surface area contributed by atoms with Gasteiger partial charge in [0.2, 0.25) is 5.91 Å². The number of allylic oxidation sites excluding steroid dienone is 2. The van der Waals surface area contributed by atoms with Crippen molar-refractivity contribution in [2.75, 3.05) is 5.32 Å². The Morgan fingerprint density at radius 1 is 1.31 bits per heavy atom. The molecular weight excluding hydrogens is 470 g/mol. The van der Waals surface area contributed by atoms with E-state index in [1.54, 1.807) is 0 Å². The minimum atomic E-state index is -1.37. The first-order valence-corrected chi connectivity index (χ1v) is 12.1. The number of nitrogens with zero attached hydrogens (tertiary/aromatic N) is 1. The maximum Gasteiger partial charge on any atom is 0.339 e. The van der Waals surface area contributed by atoms with E-state index in [1.165, 1.54) is 0 Å². The van der Waals surface area contributed by atoms with Gasteiger partial charge in [0.25, 0.3) is 0 Å². The van der Waals surface area contributed by atoms with Crippen molar-refractivity contribution >= 4 is 40.6 Å². The predicted molar refractivity (Wildman–Crippen MR) is 133 cm³/mol. The number of aromatic carboxylic acids is 1. The molecule has 2 heterocycles. The van der Waals surface area contributed by atoms with E-state index in [2.05, 4.69) is 30.2 Å². The van der Waals surface area contributed by atoms with Crippen molar-refractivity contribution in [3.8, 4) is 11.5 Å². The van der Waals surface area contributed by atoms with Crippen LogP contribution in [0.4, 0.5) is 5.69 Å². The normalized spacial score (nSPS) is 37.4. The van der Waals surface area contributed by atoms with Crippen molar-refractivity contribution in [1.29, 1.82) is 0 Å². The van der Waals surface area contributed by atoms with Gasteiger partial charge in [-0.1, -0.05) is 13.0 Å². The number of thiocarbonyl (C=S) groups is 1. The highest BCUT2D eigenvalue weighted by Crippen LogP contribution is 2.71. The van der Waals surface area contributed by atoms with Gasteiger partial charge in [0, 0.05) is 23.5 Å². The highest BCUT2D eigenvalue weighted by molar-refractivity contribution is 7.80. The van der Waals surface area contributed by atoms with Gasteiger partial charge in [0.15, 0.2) is 10.9 Å². The monoisotopic (exact) mass is 499 g/mol. The molecular formula is C25H29N3O6S. The van der Waals surface area contributed by atoms with E-state index in [-0.39, 0.29) is 40.3 Å². The standard InChI is InChI=1S/C25H29N3O6S/c1-23(7-6-17(30)28-18-14(29)4-3-13(19(18)31)21(32)33)16(27-22(26)35)5-8-25-10-12-9-15(20(23)25)34-24(12,2)11-25/h3-5,8,12,15,20,29,31H,6-7,9-11H2,1-2H3,(H2,26,35)(H,28,30)(H,32,33)/t12-,15+,20+,23-,24+,25+/m1/s1. The molecule has 3 aliphatic carbocycles. The number of anilines is 1. The van der Waals surface area contributed by atoms with Gasteiger partial charge in [-0.05, 0) is 74.4 Å². The number of ether oxygens (including phenoxy) is 1. The molecule has 6 N–H and O–H groups in total. The number of nitrogens with two attached hydrogens (primary N) is 1. The molecule has 6 rings (SSSR count). The van der Waals surface area contributed by atoms with Crippen LogP contribution in [-0.4, -0.2) is 49.7 Å². The van der Waals surface area contributed by atoms with Crippen LogP contribution in [-0.2, 0) is 9.53 Å². The maximum absolute atomic E-state index is 13.0. The number of carbonyl (C=O) groups excluding carboxylic acids is 1. The Morgan fingerprint density at radius 2 is 2.06 bits per heavy atom. The Hall–Kier alpha value is -2.98. The fourth-order valence-corrected chi connectivity index (χ4v) is 7.49. The zero-order valence-electron chi connectivity index (χ0n) is 19.6. The highest BCUT2D eigenvalue weighted by atomic mass is 32.1. The predicted octanol–water partition coefficient (Wildman–Crippen LogP) is 3.35. The number of carbonyl (C=O) groups is 2. The second-order valence-corrected chi connectivity index (χ2v) is 11.2. The number of phenolic OH excluding ortho intramolecular Hbond substituents is 1. The molecule has 2 saturated heterocycles. The lowest BCUT2D eigenvalue weighted by atomic mass is 9.51. The summed E-state index contributed by atoms with van der Waals surface area (Å²) in [4.78, 5) is 28.7. The Labute approximate surface area is 208 Å². The van der Waals surface area contributed by atoms with Crippen molar-refractivity contribution in [2.24, 2.45) is 33.4 Å². The van der Waals surface area contributed by atoms with Crippen LogP contribution in [0.2, 0.25) is 0 Å². The summed E-state index contributed by atoms with van der Waals surface area (Å²) in [5, 5.41) is 32.1. The smallest absolute Gasteiger partial charge is 0.339 e. The summed E-state index contributed by atoms with van der Waals surface area (Å²) in [5.41, 5.74) is 5.04. The second-order valence-electron chi connectivity index (χ2n) is 10.8. The Bertz CT molecular complexity index is 1210. The van der Waals surface area contributed by atoms with E-state index in [0.29, 0.717) is 12.3 Å². The van der Waals surface area contributed by atoms with Gasteiger partial charge in [0.1, 0.15) is 17.0 Å². The average Bonchev–Trinajstić information content (AvgIpc) is 3.12. The lowest BCUT2D eigenvalue weighted by molar-refractivity contribution is -0.145. The van der Waals surface area contributed by atoms with Crippen LogP contribution in [0.25, 0.3) is 0 Å². The Kier molecular flexibility index (Phi) is 5.27. The first kappa shape index (κ1) is 23.7. The summed E-state index contributed by atoms with van der Waals surface area (Å²) in [5.74, 6) is -2.35. The minimum Gasteiger partial charge on any atom is -0.506 e. The number of aliphatic imine (C=N–C) groups is 1. The summed E-state index contributed by atoms with van der Waals surface area (Å²) < 4.78 is 6.55. The molecule has 2 saturated carbocycles. The van der Waals surface area contributed by atoms with Gasteiger partial charge < -0.3 is 31.1 Å². The number of hydrogen-bond acceptors (Lipinski definition) is 6. The topological polar surface area (TPSA) is 154 Å². The molecule has 1 aromatic carbocycles. The van der Waals surface area contributed by atoms with Gasteiger partial charge in [-0.25, -0.2) is 9.79 Å². The summed E-state index contributed by atoms with van der Waals surface area (Å²) in [6.45, 7) is 4.27. The zero-order valence-corrected chi connectivity index (χ0v) is 20.4. The number of phenols is 2. The third-order valence-corrected chi connectivity index (χ3v) is 8.79. The SMILES string of the molecule is C[C@]12C[C@@]34C=CC(=NC(N)=S)[C@@](C)(CCC(=O)Nc5c(O)ccc(C(=O)O)c5O)[C@@H]3[C@H](C[C@@H]1C4)O2. The molecule has 10 heteroatoms. The van der Waals surface area contributed by atoms with Gasteiger partial charge in [-0.3, -0.25) is 4.79 Å². The summed E-state index contributed by atoms with van der Waals surface area (Å²) in [6, 6.07) is 2.19. The number of benzene rings is 1. The van der Waals surface area contributed by atoms with Crippen molar-refractivity contribution in [3.63, 3.8) is 0 Å². The summed E-state index contributed by atoms with van der Waals surface area (Å²) >= 11 is 5.07. The van der Waals surface area contributed by atoms with Crippen molar-refractivity contribution < 1.29 is 29.6 Å². The van der Waals surface area contributed by atoms with Crippen molar-refractivity contribution in [1.82, 2.24) is 0 Å². The third-order valence-electron chi connectivity index (χ3n) is 8.70. The van der Waals surface area contributed by atoms with Crippen LogP contribution >= 0.6 is 12.2 Å². The number of amides is 1. The quantitative estimate of drug-likeness (QED) is 0.305. The molecule has 4 bridgehead atoms. The van der Waals surface area contributed by atoms with Gasteiger partial charge in [-0.2, -0.15) is 0 Å². The summed E-state index contributed by atoms with van der Waals surface area (Å²) in [6.07, 6.45) is 7.66. The first-order chi connectivity index (χ1) is 16.4. The molecule has 1 amide bonds. The number of aromatic hydroxyl groups is 2. The van der Waals surface area contributed by atoms with E-state index >= 15 is 0 Å². The number of carboxylic acids is 1. The second kappa shape index (κ2) is 7.76. The zero-order chi connectivity index (χ0) is 25.3. The molecule has 5 aliphatic rings. The van der Waals surface area contributed by atoms with Crippen LogP contribution < -0.4 is 11.1 Å². The number of hydrogen-bond donors (Lipinski definition) is 5. The van der Waals surface area contributed by atoms with Crippen molar-refractivity contribution in [2.45, 2.75) is 57.7 Å².